The summed E-state index contributed by atoms with van der Waals surface area (Å²) in [5, 5.41) is 3.67. The summed E-state index contributed by atoms with van der Waals surface area (Å²) in [5.74, 6) is 0.949. The van der Waals surface area contributed by atoms with Crippen LogP contribution < -0.4 is 15.0 Å². The molecule has 0 bridgehead atoms. The topological polar surface area (TPSA) is 61.9 Å². The van der Waals surface area contributed by atoms with Crippen LogP contribution >= 0.6 is 11.6 Å². The van der Waals surface area contributed by atoms with Gasteiger partial charge in [-0.1, -0.05) is 48.9 Å². The number of urea groups is 1. The van der Waals surface area contributed by atoms with E-state index >= 15 is 0 Å². The fourth-order valence-electron chi connectivity index (χ4n) is 4.39. The first kappa shape index (κ1) is 22.5. The molecule has 2 aliphatic heterocycles. The lowest BCUT2D eigenvalue weighted by Crippen LogP contribution is -2.52. The summed E-state index contributed by atoms with van der Waals surface area (Å²) < 4.78 is 5.86. The van der Waals surface area contributed by atoms with Crippen molar-refractivity contribution < 1.29 is 14.3 Å². The van der Waals surface area contributed by atoms with Crippen molar-refractivity contribution in [3.05, 3.63) is 59.1 Å². The van der Waals surface area contributed by atoms with Gasteiger partial charge in [0, 0.05) is 30.6 Å². The SMILES string of the molecule is C[C@H](CNC(=O)C1CCN(C(=O)N2C[C@H](C)Oc3ccc(Cl)cc32)CC1)c1ccccc1. The van der Waals surface area contributed by atoms with Crippen molar-refractivity contribution in [3.63, 3.8) is 0 Å². The molecule has 0 saturated carbocycles. The van der Waals surface area contributed by atoms with Crippen LogP contribution in [0, 0.1) is 5.92 Å². The Morgan fingerprint density at radius 3 is 2.59 bits per heavy atom. The number of halogens is 1. The lowest BCUT2D eigenvalue weighted by atomic mass is 9.95. The maximum atomic E-state index is 13.3. The van der Waals surface area contributed by atoms with Gasteiger partial charge < -0.3 is 15.0 Å². The first-order chi connectivity index (χ1) is 15.4. The number of hydrogen-bond donors (Lipinski definition) is 1. The average molecular weight is 456 g/mol. The molecule has 6 nitrogen and oxygen atoms in total. The molecule has 7 heteroatoms. The third-order valence-electron chi connectivity index (χ3n) is 6.30. The van der Waals surface area contributed by atoms with Crippen LogP contribution in [0.5, 0.6) is 5.75 Å². The molecule has 0 aromatic heterocycles. The molecule has 3 amide bonds. The molecule has 0 aliphatic carbocycles. The van der Waals surface area contributed by atoms with Crippen LogP contribution in [0.15, 0.2) is 48.5 Å². The van der Waals surface area contributed by atoms with Crippen LogP contribution in [0.25, 0.3) is 0 Å². The van der Waals surface area contributed by atoms with Gasteiger partial charge in [-0.3, -0.25) is 9.69 Å². The van der Waals surface area contributed by atoms with Gasteiger partial charge in [-0.15, -0.1) is 0 Å². The predicted octanol–water partition coefficient (Wildman–Crippen LogP) is 4.68. The first-order valence-electron chi connectivity index (χ1n) is 11.3. The van der Waals surface area contributed by atoms with Gasteiger partial charge in [0.15, 0.2) is 0 Å². The largest absolute Gasteiger partial charge is 0.487 e. The van der Waals surface area contributed by atoms with E-state index in [2.05, 4.69) is 24.4 Å². The van der Waals surface area contributed by atoms with Crippen molar-refractivity contribution in [1.29, 1.82) is 0 Å². The van der Waals surface area contributed by atoms with E-state index in [1.54, 1.807) is 23.1 Å². The Balaban J connectivity index is 1.31. The molecule has 1 N–H and O–H groups in total. The normalized spacial score (nSPS) is 19.7. The fraction of sp³-hybridized carbons (Fsp3) is 0.440. The van der Waals surface area contributed by atoms with Gasteiger partial charge in [0.1, 0.15) is 11.9 Å². The molecular formula is C25H30ClN3O3. The molecule has 2 atom stereocenters. The molecule has 32 heavy (non-hydrogen) atoms. The Labute approximate surface area is 194 Å². The minimum atomic E-state index is -0.0949. The number of carbonyl (C=O) groups is 2. The molecule has 0 spiro atoms. The molecule has 170 valence electrons. The van der Waals surface area contributed by atoms with Crippen LogP contribution in [0.4, 0.5) is 10.5 Å². The van der Waals surface area contributed by atoms with Crippen molar-refractivity contribution in [3.8, 4) is 5.75 Å². The zero-order valence-corrected chi connectivity index (χ0v) is 19.3. The van der Waals surface area contributed by atoms with Crippen molar-refractivity contribution in [2.75, 3.05) is 31.1 Å². The number of nitrogens with zero attached hydrogens (tertiary/aromatic N) is 2. The number of carbonyl (C=O) groups excluding carboxylic acids is 2. The highest BCUT2D eigenvalue weighted by atomic mass is 35.5. The highest BCUT2D eigenvalue weighted by Crippen LogP contribution is 2.36. The van der Waals surface area contributed by atoms with Crippen molar-refractivity contribution in [2.24, 2.45) is 5.92 Å². The van der Waals surface area contributed by atoms with Crippen LogP contribution in [0.1, 0.15) is 38.2 Å². The predicted molar refractivity (Wildman–Crippen MR) is 126 cm³/mol. The van der Waals surface area contributed by atoms with Gasteiger partial charge in [-0.05, 0) is 49.4 Å². The summed E-state index contributed by atoms with van der Waals surface area (Å²) >= 11 is 6.16. The molecule has 2 aromatic rings. The van der Waals surface area contributed by atoms with E-state index in [0.29, 0.717) is 55.5 Å². The zero-order valence-electron chi connectivity index (χ0n) is 18.6. The average Bonchev–Trinajstić information content (AvgIpc) is 2.82. The van der Waals surface area contributed by atoms with Crippen molar-refractivity contribution in [1.82, 2.24) is 10.2 Å². The third-order valence-corrected chi connectivity index (χ3v) is 6.53. The highest BCUT2D eigenvalue weighted by molar-refractivity contribution is 6.31. The van der Waals surface area contributed by atoms with Crippen molar-refractivity contribution >= 4 is 29.2 Å². The number of benzene rings is 2. The summed E-state index contributed by atoms with van der Waals surface area (Å²) in [7, 11) is 0. The minimum Gasteiger partial charge on any atom is -0.487 e. The van der Waals surface area contributed by atoms with Gasteiger partial charge in [0.05, 0.1) is 12.2 Å². The monoisotopic (exact) mass is 455 g/mol. The van der Waals surface area contributed by atoms with E-state index in [9.17, 15) is 9.59 Å². The van der Waals surface area contributed by atoms with Gasteiger partial charge >= 0.3 is 6.03 Å². The molecule has 1 saturated heterocycles. The number of hydrogen-bond acceptors (Lipinski definition) is 3. The van der Waals surface area contributed by atoms with Crippen LogP contribution in [-0.2, 0) is 4.79 Å². The smallest absolute Gasteiger partial charge is 0.324 e. The Bertz CT molecular complexity index is 960. The Morgan fingerprint density at radius 1 is 1.16 bits per heavy atom. The second kappa shape index (κ2) is 9.82. The van der Waals surface area contributed by atoms with Crippen molar-refractivity contribution in [2.45, 2.75) is 38.7 Å². The quantitative estimate of drug-likeness (QED) is 0.728. The molecule has 1 fully saturated rings. The second-order valence-electron chi connectivity index (χ2n) is 8.75. The van der Waals surface area contributed by atoms with Crippen LogP contribution in [0.2, 0.25) is 5.02 Å². The molecule has 4 rings (SSSR count). The van der Waals surface area contributed by atoms with E-state index in [1.165, 1.54) is 5.56 Å². The van der Waals surface area contributed by atoms with E-state index in [4.69, 9.17) is 16.3 Å². The van der Waals surface area contributed by atoms with Gasteiger partial charge in [-0.2, -0.15) is 0 Å². The third kappa shape index (κ3) is 5.01. The Kier molecular flexibility index (Phi) is 6.89. The number of likely N-dealkylation sites (tertiary alicyclic amines) is 1. The minimum absolute atomic E-state index is 0.0553. The van der Waals surface area contributed by atoms with Gasteiger partial charge in [0.25, 0.3) is 0 Å². The summed E-state index contributed by atoms with van der Waals surface area (Å²) in [6.07, 6.45) is 1.24. The number of piperidine rings is 1. The standard InChI is InChI=1S/C25H30ClN3O3/c1-17(19-6-4-3-5-7-19)15-27-24(30)20-10-12-28(13-11-20)25(31)29-16-18(2)32-23-9-8-21(26)14-22(23)29/h3-9,14,17-18,20H,10-13,15-16H2,1-2H3,(H,27,30)/t17-,18+/m1/s1. The number of fused-ring (bicyclic) bond motifs is 1. The van der Waals surface area contributed by atoms with Crippen LogP contribution in [0.3, 0.4) is 0 Å². The number of amides is 3. The number of rotatable bonds is 4. The van der Waals surface area contributed by atoms with Gasteiger partial charge in [-0.25, -0.2) is 4.79 Å². The highest BCUT2D eigenvalue weighted by Gasteiger charge is 2.34. The number of anilines is 1. The summed E-state index contributed by atoms with van der Waals surface area (Å²) in [6, 6.07) is 15.5. The molecule has 2 heterocycles. The summed E-state index contributed by atoms with van der Waals surface area (Å²) in [4.78, 5) is 29.6. The van der Waals surface area contributed by atoms with E-state index in [1.807, 2.05) is 30.0 Å². The maximum Gasteiger partial charge on any atom is 0.324 e. The molecule has 2 aliphatic rings. The van der Waals surface area contributed by atoms with Gasteiger partial charge in [0.2, 0.25) is 5.91 Å². The zero-order chi connectivity index (χ0) is 22.7. The maximum absolute atomic E-state index is 13.3. The first-order valence-corrected chi connectivity index (χ1v) is 11.7. The number of nitrogens with one attached hydrogen (secondary N) is 1. The second-order valence-corrected chi connectivity index (χ2v) is 9.19. The summed E-state index contributed by atoms with van der Waals surface area (Å²) in [6.45, 7) is 6.28. The van der Waals surface area contributed by atoms with E-state index in [-0.39, 0.29) is 29.9 Å². The lowest BCUT2D eigenvalue weighted by molar-refractivity contribution is -0.126. The Morgan fingerprint density at radius 2 is 1.88 bits per heavy atom. The molecular weight excluding hydrogens is 426 g/mol. The fourth-order valence-corrected chi connectivity index (χ4v) is 4.56. The van der Waals surface area contributed by atoms with E-state index < -0.39 is 0 Å². The van der Waals surface area contributed by atoms with Crippen LogP contribution in [-0.4, -0.2) is 49.1 Å². The molecule has 0 unspecified atom stereocenters. The van der Waals surface area contributed by atoms with E-state index in [0.717, 1.165) is 0 Å². The summed E-state index contributed by atoms with van der Waals surface area (Å²) in [5.41, 5.74) is 1.92. The molecule has 2 aromatic carbocycles. The lowest BCUT2D eigenvalue weighted by Gasteiger charge is -2.39. The molecule has 0 radical (unpaired) electrons. The Hall–Kier alpha value is -2.73. The number of ether oxygens (including phenoxy) is 1.